The third-order valence-electron chi connectivity index (χ3n) is 2.65. The summed E-state index contributed by atoms with van der Waals surface area (Å²) < 4.78 is 51.2. The standard InChI is InChI=1S/C14H12F2N2O3S/c1-22(20,21)18-10-7-5-9(6-8-10)14(19)17-13-11(15)3-2-4-12(13)16/h2-8,18H,1H3,(H,17,19). The molecule has 0 aliphatic heterocycles. The summed E-state index contributed by atoms with van der Waals surface area (Å²) in [6.07, 6.45) is 0.995. The third-order valence-corrected chi connectivity index (χ3v) is 3.26. The first-order chi connectivity index (χ1) is 10.3. The van der Waals surface area contributed by atoms with Crippen LogP contribution in [0.1, 0.15) is 10.4 Å². The Balaban J connectivity index is 2.17. The number of benzene rings is 2. The van der Waals surface area contributed by atoms with Crippen molar-refractivity contribution in [1.29, 1.82) is 0 Å². The average molecular weight is 326 g/mol. The number of carbonyl (C=O) groups excluding carboxylic acids is 1. The fraction of sp³-hybridized carbons (Fsp3) is 0.0714. The van der Waals surface area contributed by atoms with E-state index in [4.69, 9.17) is 0 Å². The molecule has 0 aliphatic carbocycles. The van der Waals surface area contributed by atoms with Gasteiger partial charge in [0.2, 0.25) is 10.0 Å². The van der Waals surface area contributed by atoms with Crippen molar-refractivity contribution in [3.8, 4) is 0 Å². The number of amides is 1. The molecule has 2 N–H and O–H groups in total. The van der Waals surface area contributed by atoms with Gasteiger partial charge in [0.05, 0.1) is 6.26 Å². The van der Waals surface area contributed by atoms with Crippen LogP contribution in [0.3, 0.4) is 0 Å². The van der Waals surface area contributed by atoms with Crippen LogP contribution in [0.2, 0.25) is 0 Å². The molecule has 2 rings (SSSR count). The highest BCUT2D eigenvalue weighted by Gasteiger charge is 2.13. The number of hydrogen-bond acceptors (Lipinski definition) is 3. The van der Waals surface area contributed by atoms with Crippen LogP contribution in [0.4, 0.5) is 20.2 Å². The Bertz CT molecular complexity index is 785. The SMILES string of the molecule is CS(=O)(=O)Nc1ccc(C(=O)Nc2c(F)cccc2F)cc1. The number of para-hydroxylation sites is 1. The van der Waals surface area contributed by atoms with Crippen LogP contribution in [0.15, 0.2) is 42.5 Å². The van der Waals surface area contributed by atoms with Crippen molar-refractivity contribution in [2.75, 3.05) is 16.3 Å². The number of nitrogens with one attached hydrogen (secondary N) is 2. The van der Waals surface area contributed by atoms with E-state index >= 15 is 0 Å². The van der Waals surface area contributed by atoms with E-state index in [1.807, 2.05) is 0 Å². The minimum atomic E-state index is -3.42. The number of carbonyl (C=O) groups is 1. The molecule has 0 saturated heterocycles. The van der Waals surface area contributed by atoms with Crippen LogP contribution < -0.4 is 10.0 Å². The second-order valence-electron chi connectivity index (χ2n) is 4.50. The summed E-state index contributed by atoms with van der Waals surface area (Å²) in [6, 6.07) is 8.64. The van der Waals surface area contributed by atoms with Crippen molar-refractivity contribution < 1.29 is 22.0 Å². The van der Waals surface area contributed by atoms with E-state index in [0.29, 0.717) is 0 Å². The van der Waals surface area contributed by atoms with E-state index in [1.54, 1.807) is 0 Å². The maximum Gasteiger partial charge on any atom is 0.255 e. The van der Waals surface area contributed by atoms with Gasteiger partial charge in [-0.2, -0.15) is 0 Å². The van der Waals surface area contributed by atoms with Crippen molar-refractivity contribution in [3.63, 3.8) is 0 Å². The largest absolute Gasteiger partial charge is 0.317 e. The van der Waals surface area contributed by atoms with Gasteiger partial charge in [-0.05, 0) is 36.4 Å². The Kier molecular flexibility index (Phi) is 4.41. The zero-order valence-electron chi connectivity index (χ0n) is 11.4. The summed E-state index contributed by atoms with van der Waals surface area (Å²) in [5.74, 6) is -2.48. The molecule has 1 amide bonds. The van der Waals surface area contributed by atoms with Crippen LogP contribution in [0, 0.1) is 11.6 Å². The van der Waals surface area contributed by atoms with Gasteiger partial charge in [-0.1, -0.05) is 6.07 Å². The van der Waals surface area contributed by atoms with Crippen LogP contribution in [0.5, 0.6) is 0 Å². The first-order valence-electron chi connectivity index (χ1n) is 6.09. The summed E-state index contributed by atoms with van der Waals surface area (Å²) in [4.78, 5) is 11.9. The number of sulfonamides is 1. The Labute approximate surface area is 126 Å². The van der Waals surface area contributed by atoms with Crippen molar-refractivity contribution in [2.24, 2.45) is 0 Å². The average Bonchev–Trinajstić information content (AvgIpc) is 2.42. The van der Waals surface area contributed by atoms with Crippen LogP contribution >= 0.6 is 0 Å². The second kappa shape index (κ2) is 6.10. The smallest absolute Gasteiger partial charge is 0.255 e. The Morgan fingerprint density at radius 2 is 1.55 bits per heavy atom. The summed E-state index contributed by atoms with van der Waals surface area (Å²) in [7, 11) is -3.42. The molecule has 0 heterocycles. The number of hydrogen-bond donors (Lipinski definition) is 2. The first-order valence-corrected chi connectivity index (χ1v) is 7.98. The Morgan fingerprint density at radius 1 is 1.00 bits per heavy atom. The van der Waals surface area contributed by atoms with E-state index in [0.717, 1.165) is 18.4 Å². The lowest BCUT2D eigenvalue weighted by Gasteiger charge is -2.08. The molecule has 2 aromatic rings. The van der Waals surface area contributed by atoms with Gasteiger partial charge in [-0.3, -0.25) is 9.52 Å². The fourth-order valence-electron chi connectivity index (χ4n) is 1.71. The van der Waals surface area contributed by atoms with Crippen LogP contribution in [-0.4, -0.2) is 20.6 Å². The number of anilines is 2. The first kappa shape index (κ1) is 15.9. The predicted octanol–water partition coefficient (Wildman–Crippen LogP) is 2.59. The van der Waals surface area contributed by atoms with Gasteiger partial charge in [-0.15, -0.1) is 0 Å². The lowest BCUT2D eigenvalue weighted by Crippen LogP contribution is -2.14. The monoisotopic (exact) mass is 326 g/mol. The van der Waals surface area contributed by atoms with E-state index < -0.39 is 33.3 Å². The van der Waals surface area contributed by atoms with Crippen molar-refractivity contribution >= 4 is 27.3 Å². The van der Waals surface area contributed by atoms with E-state index in [1.165, 1.54) is 30.3 Å². The normalized spacial score (nSPS) is 11.0. The molecule has 2 aromatic carbocycles. The summed E-state index contributed by atoms with van der Waals surface area (Å²) in [6.45, 7) is 0. The Morgan fingerprint density at radius 3 is 2.05 bits per heavy atom. The molecule has 5 nitrogen and oxygen atoms in total. The summed E-state index contributed by atoms with van der Waals surface area (Å²) in [5.41, 5.74) is -0.135. The highest BCUT2D eigenvalue weighted by atomic mass is 32.2. The molecule has 0 aromatic heterocycles. The van der Waals surface area contributed by atoms with E-state index in [-0.39, 0.29) is 11.3 Å². The van der Waals surface area contributed by atoms with Gasteiger partial charge in [0.15, 0.2) is 0 Å². The predicted molar refractivity (Wildman–Crippen MR) is 79.2 cm³/mol. The maximum atomic E-state index is 13.4. The molecular formula is C14H12F2N2O3S. The van der Waals surface area contributed by atoms with Crippen molar-refractivity contribution in [1.82, 2.24) is 0 Å². The number of rotatable bonds is 4. The van der Waals surface area contributed by atoms with E-state index in [2.05, 4.69) is 10.0 Å². The highest BCUT2D eigenvalue weighted by molar-refractivity contribution is 7.92. The highest BCUT2D eigenvalue weighted by Crippen LogP contribution is 2.19. The molecule has 116 valence electrons. The molecule has 0 radical (unpaired) electrons. The summed E-state index contributed by atoms with van der Waals surface area (Å²) in [5, 5.41) is 2.13. The molecule has 0 aliphatic rings. The second-order valence-corrected chi connectivity index (χ2v) is 6.25. The lowest BCUT2D eigenvalue weighted by molar-refractivity contribution is 0.102. The fourth-order valence-corrected chi connectivity index (χ4v) is 2.27. The summed E-state index contributed by atoms with van der Waals surface area (Å²) >= 11 is 0. The van der Waals surface area contributed by atoms with Gasteiger partial charge in [0, 0.05) is 11.3 Å². The minimum absolute atomic E-state index is 0.127. The quantitative estimate of drug-likeness (QED) is 0.907. The maximum absolute atomic E-state index is 13.4. The zero-order valence-corrected chi connectivity index (χ0v) is 12.2. The van der Waals surface area contributed by atoms with Gasteiger partial charge < -0.3 is 5.32 Å². The molecule has 8 heteroatoms. The molecule has 0 unspecified atom stereocenters. The lowest BCUT2D eigenvalue weighted by atomic mass is 10.2. The van der Waals surface area contributed by atoms with E-state index in [9.17, 15) is 22.0 Å². The molecule has 0 fully saturated rings. The van der Waals surface area contributed by atoms with Crippen LogP contribution in [-0.2, 0) is 10.0 Å². The van der Waals surface area contributed by atoms with Gasteiger partial charge >= 0.3 is 0 Å². The number of halogens is 2. The zero-order chi connectivity index (χ0) is 16.3. The molecular weight excluding hydrogens is 314 g/mol. The van der Waals surface area contributed by atoms with Crippen molar-refractivity contribution in [3.05, 3.63) is 59.7 Å². The minimum Gasteiger partial charge on any atom is -0.317 e. The molecule has 0 bridgehead atoms. The molecule has 0 atom stereocenters. The van der Waals surface area contributed by atoms with Gasteiger partial charge in [0.25, 0.3) is 5.91 Å². The van der Waals surface area contributed by atoms with Crippen molar-refractivity contribution in [2.45, 2.75) is 0 Å². The van der Waals surface area contributed by atoms with Crippen LogP contribution in [0.25, 0.3) is 0 Å². The molecule has 0 saturated carbocycles. The third kappa shape index (κ3) is 4.01. The topological polar surface area (TPSA) is 75.3 Å². The Hall–Kier alpha value is -2.48. The molecule has 22 heavy (non-hydrogen) atoms. The van der Waals surface area contributed by atoms with Gasteiger partial charge in [-0.25, -0.2) is 17.2 Å². The molecule has 0 spiro atoms. The van der Waals surface area contributed by atoms with Gasteiger partial charge in [0.1, 0.15) is 17.3 Å².